The number of nitrogens with zero attached hydrogens (tertiary/aromatic N) is 2. The molecule has 1 aromatic rings. The second-order valence-corrected chi connectivity index (χ2v) is 2.11. The molecule has 0 heterocycles. The first kappa shape index (κ1) is 7.72. The molecule has 0 aliphatic carbocycles. The number of rotatable bonds is 3. The SMILES string of the molecule is COc1ccccc1CN=[N-]. The highest BCUT2D eigenvalue weighted by atomic mass is 16.5. The average Bonchev–Trinajstić information content (AvgIpc) is 2.06. The van der Waals surface area contributed by atoms with Crippen LogP contribution in [-0.4, -0.2) is 7.11 Å². The van der Waals surface area contributed by atoms with Crippen molar-refractivity contribution in [3.8, 4) is 5.75 Å². The highest BCUT2D eigenvalue weighted by molar-refractivity contribution is 5.32. The van der Waals surface area contributed by atoms with Gasteiger partial charge in [0.15, 0.2) is 0 Å². The van der Waals surface area contributed by atoms with Crippen molar-refractivity contribution in [2.24, 2.45) is 5.11 Å². The van der Waals surface area contributed by atoms with E-state index in [9.17, 15) is 0 Å². The van der Waals surface area contributed by atoms with E-state index in [-0.39, 0.29) is 6.54 Å². The lowest BCUT2D eigenvalue weighted by molar-refractivity contribution is 0.410. The van der Waals surface area contributed by atoms with Crippen molar-refractivity contribution in [1.29, 1.82) is 0 Å². The van der Waals surface area contributed by atoms with Crippen molar-refractivity contribution < 1.29 is 4.74 Å². The molecule has 0 N–H and O–H groups in total. The molecular formula is C8H9N2O-. The van der Waals surface area contributed by atoms with Gasteiger partial charge < -0.3 is 15.4 Å². The highest BCUT2D eigenvalue weighted by Gasteiger charge is 1.96. The molecule has 0 aliphatic rings. The maximum absolute atomic E-state index is 8.31. The van der Waals surface area contributed by atoms with E-state index in [1.165, 1.54) is 0 Å². The quantitative estimate of drug-likeness (QED) is 0.607. The zero-order valence-corrected chi connectivity index (χ0v) is 6.32. The number of hydrogen-bond donors (Lipinski definition) is 0. The molecule has 1 aromatic carbocycles. The number of methoxy groups -OCH3 is 1. The molecule has 0 radical (unpaired) electrons. The molecule has 0 aliphatic heterocycles. The third-order valence-electron chi connectivity index (χ3n) is 1.43. The minimum Gasteiger partial charge on any atom is -0.712 e. The summed E-state index contributed by atoms with van der Waals surface area (Å²) in [4.78, 5) is 0. The van der Waals surface area contributed by atoms with Gasteiger partial charge in [-0.15, -0.1) is 0 Å². The summed E-state index contributed by atoms with van der Waals surface area (Å²) < 4.78 is 5.03. The molecule has 0 saturated carbocycles. The Labute approximate surface area is 65.5 Å². The van der Waals surface area contributed by atoms with Crippen LogP contribution in [0.4, 0.5) is 0 Å². The van der Waals surface area contributed by atoms with Crippen molar-refractivity contribution in [1.82, 2.24) is 0 Å². The summed E-state index contributed by atoms with van der Waals surface area (Å²) in [6, 6.07) is 7.45. The van der Waals surface area contributed by atoms with E-state index in [1.54, 1.807) is 7.11 Å². The van der Waals surface area contributed by atoms with Gasteiger partial charge in [-0.3, -0.25) is 0 Å². The first-order valence-corrected chi connectivity index (χ1v) is 3.31. The van der Waals surface area contributed by atoms with Crippen LogP contribution in [0.15, 0.2) is 29.4 Å². The van der Waals surface area contributed by atoms with E-state index in [2.05, 4.69) is 5.11 Å². The molecule has 1 rings (SSSR count). The van der Waals surface area contributed by atoms with Gasteiger partial charge in [-0.2, -0.15) is 0 Å². The van der Waals surface area contributed by atoms with Gasteiger partial charge >= 0.3 is 0 Å². The largest absolute Gasteiger partial charge is 0.712 e. The van der Waals surface area contributed by atoms with Crippen LogP contribution in [0.3, 0.4) is 0 Å². The third-order valence-corrected chi connectivity index (χ3v) is 1.43. The van der Waals surface area contributed by atoms with Crippen LogP contribution in [0.5, 0.6) is 5.75 Å². The summed E-state index contributed by atoms with van der Waals surface area (Å²) in [5, 5.41) is 3.03. The van der Waals surface area contributed by atoms with Gasteiger partial charge in [0.2, 0.25) is 0 Å². The van der Waals surface area contributed by atoms with Gasteiger partial charge in [0, 0.05) is 12.1 Å². The van der Waals surface area contributed by atoms with Crippen LogP contribution in [0.25, 0.3) is 5.53 Å². The molecule has 3 heteroatoms. The van der Waals surface area contributed by atoms with Gasteiger partial charge in [0.05, 0.1) is 7.11 Å². The maximum Gasteiger partial charge on any atom is 0.123 e. The second-order valence-electron chi connectivity index (χ2n) is 2.11. The Balaban J connectivity index is 2.92. The zero-order chi connectivity index (χ0) is 8.10. The lowest BCUT2D eigenvalue weighted by Gasteiger charge is -2.05. The van der Waals surface area contributed by atoms with Gasteiger partial charge in [0.1, 0.15) is 5.75 Å². The summed E-state index contributed by atoms with van der Waals surface area (Å²) in [5.74, 6) is 0.755. The summed E-state index contributed by atoms with van der Waals surface area (Å²) in [5.41, 5.74) is 9.20. The molecule has 3 nitrogen and oxygen atoms in total. The molecule has 0 unspecified atom stereocenters. The Morgan fingerprint density at radius 1 is 1.45 bits per heavy atom. The minimum absolute atomic E-state index is 0.282. The number of para-hydroxylation sites is 1. The number of benzene rings is 1. The monoisotopic (exact) mass is 149 g/mol. The minimum atomic E-state index is 0.282. The molecule has 0 amide bonds. The second kappa shape index (κ2) is 3.71. The standard InChI is InChI=1S/C8H9N2O/c1-11-8-5-3-2-4-7(8)6-10-9/h2-5H,6H2,1H3/q-1. The molecule has 0 aromatic heterocycles. The van der Waals surface area contributed by atoms with E-state index in [0.717, 1.165) is 11.3 Å². The van der Waals surface area contributed by atoms with Crippen LogP contribution < -0.4 is 4.74 Å². The Bertz CT molecular complexity index is 248. The summed E-state index contributed by atoms with van der Waals surface area (Å²) in [7, 11) is 1.59. The first-order valence-electron chi connectivity index (χ1n) is 3.31. The molecular weight excluding hydrogens is 140 g/mol. The van der Waals surface area contributed by atoms with Crippen LogP contribution in [0.2, 0.25) is 0 Å². The van der Waals surface area contributed by atoms with Crippen molar-refractivity contribution in [2.45, 2.75) is 6.54 Å². The van der Waals surface area contributed by atoms with E-state index in [0.29, 0.717) is 0 Å². The third kappa shape index (κ3) is 1.77. The smallest absolute Gasteiger partial charge is 0.123 e. The van der Waals surface area contributed by atoms with E-state index < -0.39 is 0 Å². The highest BCUT2D eigenvalue weighted by Crippen LogP contribution is 2.17. The molecule has 58 valence electrons. The van der Waals surface area contributed by atoms with Gasteiger partial charge in [-0.05, 0) is 6.07 Å². The fourth-order valence-corrected chi connectivity index (χ4v) is 0.910. The molecule has 0 bridgehead atoms. The van der Waals surface area contributed by atoms with Crippen LogP contribution >= 0.6 is 0 Å². The van der Waals surface area contributed by atoms with Gasteiger partial charge in [-0.1, -0.05) is 18.2 Å². The lowest BCUT2D eigenvalue weighted by Crippen LogP contribution is -1.88. The predicted molar refractivity (Wildman–Crippen MR) is 42.5 cm³/mol. The Hall–Kier alpha value is -1.38. The molecule has 11 heavy (non-hydrogen) atoms. The molecule has 0 atom stereocenters. The molecule has 0 fully saturated rings. The predicted octanol–water partition coefficient (Wildman–Crippen LogP) is 2.22. The Morgan fingerprint density at radius 2 is 2.18 bits per heavy atom. The molecule has 0 saturated heterocycles. The summed E-state index contributed by atoms with van der Waals surface area (Å²) >= 11 is 0. The van der Waals surface area contributed by atoms with Crippen molar-refractivity contribution in [2.75, 3.05) is 7.11 Å². The summed E-state index contributed by atoms with van der Waals surface area (Å²) in [6.07, 6.45) is 0. The normalized spacial score (nSPS) is 9.18. The van der Waals surface area contributed by atoms with Crippen LogP contribution in [0.1, 0.15) is 5.56 Å². The first-order chi connectivity index (χ1) is 5.38. The van der Waals surface area contributed by atoms with E-state index in [4.69, 9.17) is 10.3 Å². The van der Waals surface area contributed by atoms with Crippen molar-refractivity contribution in [3.05, 3.63) is 35.4 Å². The van der Waals surface area contributed by atoms with E-state index >= 15 is 0 Å². The Morgan fingerprint density at radius 3 is 2.82 bits per heavy atom. The molecule has 0 spiro atoms. The van der Waals surface area contributed by atoms with Crippen molar-refractivity contribution in [3.63, 3.8) is 0 Å². The fraction of sp³-hybridized carbons (Fsp3) is 0.250. The number of hydrogen-bond acceptors (Lipinski definition) is 2. The summed E-state index contributed by atoms with van der Waals surface area (Å²) in [6.45, 7) is 0.282. The topological polar surface area (TPSA) is 43.9 Å². The maximum atomic E-state index is 8.31. The fourth-order valence-electron chi connectivity index (χ4n) is 0.910. The average molecular weight is 149 g/mol. The number of ether oxygens (including phenoxy) is 1. The Kier molecular flexibility index (Phi) is 2.60. The van der Waals surface area contributed by atoms with E-state index in [1.807, 2.05) is 24.3 Å². The van der Waals surface area contributed by atoms with Gasteiger partial charge in [-0.25, -0.2) is 0 Å². The van der Waals surface area contributed by atoms with Gasteiger partial charge in [0.25, 0.3) is 0 Å². The van der Waals surface area contributed by atoms with Crippen LogP contribution in [0, 0.1) is 0 Å². The zero-order valence-electron chi connectivity index (χ0n) is 6.32. The lowest BCUT2D eigenvalue weighted by atomic mass is 10.2. The van der Waals surface area contributed by atoms with Crippen LogP contribution in [-0.2, 0) is 6.54 Å². The van der Waals surface area contributed by atoms with Crippen molar-refractivity contribution >= 4 is 0 Å².